The number of nitrogens with zero attached hydrogens (tertiary/aromatic N) is 1. The zero-order chi connectivity index (χ0) is 14.9. The average Bonchev–Trinajstić information content (AvgIpc) is 2.42. The van der Waals surface area contributed by atoms with Crippen LogP contribution < -0.4 is 5.73 Å². The zero-order valence-corrected chi connectivity index (χ0v) is 13.9. The van der Waals surface area contributed by atoms with E-state index in [-0.39, 0.29) is 4.90 Å². The third-order valence-corrected chi connectivity index (χ3v) is 7.09. The summed E-state index contributed by atoms with van der Waals surface area (Å²) < 4.78 is 27.1. The molecule has 4 nitrogen and oxygen atoms in total. The molecular weight excluding hydrogens is 292 g/mol. The first-order valence-corrected chi connectivity index (χ1v) is 9.33. The van der Waals surface area contributed by atoms with Gasteiger partial charge in [-0.25, -0.2) is 8.42 Å². The molecule has 20 heavy (non-hydrogen) atoms. The van der Waals surface area contributed by atoms with Crippen molar-refractivity contribution in [3.05, 3.63) is 23.3 Å². The maximum Gasteiger partial charge on any atom is 0.245 e. The molecule has 1 aliphatic rings. The van der Waals surface area contributed by atoms with Gasteiger partial charge in [-0.05, 0) is 43.5 Å². The number of hydrogen-bond acceptors (Lipinski definition) is 4. The maximum atomic E-state index is 12.8. The number of benzene rings is 1. The fourth-order valence-electron chi connectivity index (χ4n) is 2.33. The van der Waals surface area contributed by atoms with Gasteiger partial charge in [0, 0.05) is 24.1 Å². The van der Waals surface area contributed by atoms with E-state index in [1.165, 1.54) is 0 Å². The summed E-state index contributed by atoms with van der Waals surface area (Å²) in [6.45, 7) is 7.09. The number of nitrogens with two attached hydrogens (primary N) is 1. The van der Waals surface area contributed by atoms with Crippen LogP contribution in [-0.2, 0) is 10.0 Å². The van der Waals surface area contributed by atoms with Crippen molar-refractivity contribution in [2.24, 2.45) is 0 Å². The van der Waals surface area contributed by atoms with Crippen LogP contribution in [0.3, 0.4) is 0 Å². The second-order valence-electron chi connectivity index (χ2n) is 5.24. The van der Waals surface area contributed by atoms with E-state index in [4.69, 9.17) is 5.73 Å². The lowest BCUT2D eigenvalue weighted by Gasteiger charge is -2.31. The molecule has 1 aromatic rings. The van der Waals surface area contributed by atoms with Crippen LogP contribution in [0.25, 0.3) is 0 Å². The molecule has 1 fully saturated rings. The lowest BCUT2D eigenvalue weighted by Crippen LogP contribution is -2.41. The van der Waals surface area contributed by atoms with Crippen LogP contribution in [0, 0.1) is 13.8 Å². The summed E-state index contributed by atoms with van der Waals surface area (Å²) in [4.78, 5) is 0.252. The fourth-order valence-corrected chi connectivity index (χ4v) is 5.39. The normalized spacial score (nSPS) is 21.1. The van der Waals surface area contributed by atoms with E-state index in [1.807, 2.05) is 25.6 Å². The third-order valence-electron chi connectivity index (χ3n) is 3.80. The summed E-state index contributed by atoms with van der Waals surface area (Å²) in [7, 11) is -3.48. The maximum absolute atomic E-state index is 12.8. The largest absolute Gasteiger partial charge is 0.398 e. The molecule has 112 valence electrons. The molecule has 0 aliphatic carbocycles. The highest BCUT2D eigenvalue weighted by Crippen LogP contribution is 2.30. The molecular formula is C14H22N2O2S2. The summed E-state index contributed by atoms with van der Waals surface area (Å²) in [6, 6.07) is 3.45. The molecule has 0 amide bonds. The van der Waals surface area contributed by atoms with Gasteiger partial charge in [0.05, 0.1) is 5.69 Å². The molecule has 1 atom stereocenters. The van der Waals surface area contributed by atoms with Crippen LogP contribution in [0.5, 0.6) is 0 Å². The van der Waals surface area contributed by atoms with Crippen molar-refractivity contribution in [2.45, 2.75) is 37.3 Å². The lowest BCUT2D eigenvalue weighted by atomic mass is 10.1. The van der Waals surface area contributed by atoms with Crippen LogP contribution in [-0.4, -0.2) is 36.8 Å². The van der Waals surface area contributed by atoms with E-state index >= 15 is 0 Å². The second kappa shape index (κ2) is 5.95. The van der Waals surface area contributed by atoms with Crippen molar-refractivity contribution < 1.29 is 8.42 Å². The number of thioether (sulfide) groups is 1. The van der Waals surface area contributed by atoms with E-state index < -0.39 is 10.0 Å². The van der Waals surface area contributed by atoms with Gasteiger partial charge in [-0.1, -0.05) is 6.92 Å². The Balaban J connectivity index is 2.37. The van der Waals surface area contributed by atoms with Crippen LogP contribution >= 0.6 is 11.8 Å². The Labute approximate surface area is 125 Å². The molecule has 0 saturated carbocycles. The first-order valence-electron chi connectivity index (χ1n) is 6.84. The van der Waals surface area contributed by atoms with E-state index in [2.05, 4.69) is 6.92 Å². The fraction of sp³-hybridized carbons (Fsp3) is 0.571. The predicted octanol–water partition coefficient (Wildman–Crippen LogP) is 2.40. The zero-order valence-electron chi connectivity index (χ0n) is 12.2. The number of rotatable bonds is 3. The minimum atomic E-state index is -3.48. The molecule has 1 heterocycles. The number of nitrogen functional groups attached to an aromatic ring is 1. The standard InChI is InChI=1S/C14H22N2O2S2/c1-4-12-9-16(5-6-19-12)20(17,18)14-8-11(3)10(2)7-13(14)15/h7-8,12H,4-6,9,15H2,1-3H3. The van der Waals surface area contributed by atoms with Gasteiger partial charge in [0.15, 0.2) is 0 Å². The molecule has 0 spiro atoms. The molecule has 1 unspecified atom stereocenters. The van der Waals surface area contributed by atoms with Gasteiger partial charge in [-0.2, -0.15) is 16.1 Å². The van der Waals surface area contributed by atoms with Gasteiger partial charge >= 0.3 is 0 Å². The Kier molecular flexibility index (Phi) is 4.66. The monoisotopic (exact) mass is 314 g/mol. The Bertz CT molecular complexity index is 599. The summed E-state index contributed by atoms with van der Waals surface area (Å²) in [5.41, 5.74) is 8.26. The Morgan fingerprint density at radius 3 is 2.65 bits per heavy atom. The molecule has 0 aromatic heterocycles. The highest BCUT2D eigenvalue weighted by molar-refractivity contribution is 8.00. The van der Waals surface area contributed by atoms with Crippen molar-refractivity contribution in [1.29, 1.82) is 0 Å². The van der Waals surface area contributed by atoms with Crippen LogP contribution in [0.4, 0.5) is 5.69 Å². The minimum absolute atomic E-state index is 0.252. The number of sulfonamides is 1. The van der Waals surface area contributed by atoms with Crippen LogP contribution in [0.2, 0.25) is 0 Å². The predicted molar refractivity (Wildman–Crippen MR) is 85.6 cm³/mol. The summed E-state index contributed by atoms with van der Waals surface area (Å²) in [6.07, 6.45) is 0.985. The topological polar surface area (TPSA) is 63.4 Å². The van der Waals surface area contributed by atoms with Crippen molar-refractivity contribution >= 4 is 27.5 Å². The molecule has 0 radical (unpaired) electrons. The first kappa shape index (κ1) is 15.7. The van der Waals surface area contributed by atoms with Crippen molar-refractivity contribution in [2.75, 3.05) is 24.6 Å². The van der Waals surface area contributed by atoms with E-state index in [0.717, 1.165) is 23.3 Å². The van der Waals surface area contributed by atoms with Gasteiger partial charge in [-0.15, -0.1) is 0 Å². The van der Waals surface area contributed by atoms with Crippen molar-refractivity contribution in [3.8, 4) is 0 Å². The average molecular weight is 314 g/mol. The quantitative estimate of drug-likeness (QED) is 0.870. The number of anilines is 1. The van der Waals surface area contributed by atoms with Gasteiger partial charge in [-0.3, -0.25) is 0 Å². The summed E-state index contributed by atoms with van der Waals surface area (Å²) in [5, 5.41) is 0.381. The summed E-state index contributed by atoms with van der Waals surface area (Å²) >= 11 is 1.85. The SMILES string of the molecule is CCC1CN(S(=O)(=O)c2cc(C)c(C)cc2N)CCS1. The molecule has 2 N–H and O–H groups in total. The summed E-state index contributed by atoms with van der Waals surface area (Å²) in [5.74, 6) is 0.850. The van der Waals surface area contributed by atoms with Crippen LogP contribution in [0.15, 0.2) is 17.0 Å². The van der Waals surface area contributed by atoms with Crippen molar-refractivity contribution in [3.63, 3.8) is 0 Å². The van der Waals surface area contributed by atoms with Gasteiger partial charge < -0.3 is 5.73 Å². The number of aryl methyl sites for hydroxylation is 2. The van der Waals surface area contributed by atoms with E-state index in [9.17, 15) is 8.42 Å². The lowest BCUT2D eigenvalue weighted by molar-refractivity contribution is 0.416. The number of hydrogen-bond donors (Lipinski definition) is 1. The van der Waals surface area contributed by atoms with Gasteiger partial charge in [0.2, 0.25) is 10.0 Å². The molecule has 6 heteroatoms. The molecule has 0 bridgehead atoms. The third kappa shape index (κ3) is 2.97. The van der Waals surface area contributed by atoms with Crippen molar-refractivity contribution in [1.82, 2.24) is 4.31 Å². The molecule has 2 rings (SSSR count). The first-order chi connectivity index (χ1) is 9.36. The molecule has 1 aromatic carbocycles. The minimum Gasteiger partial charge on any atom is -0.398 e. The Morgan fingerprint density at radius 1 is 1.35 bits per heavy atom. The Morgan fingerprint density at radius 2 is 2.00 bits per heavy atom. The highest BCUT2D eigenvalue weighted by atomic mass is 32.2. The Hall–Kier alpha value is -0.720. The highest BCUT2D eigenvalue weighted by Gasteiger charge is 2.31. The van der Waals surface area contributed by atoms with Crippen LogP contribution in [0.1, 0.15) is 24.5 Å². The van der Waals surface area contributed by atoms with E-state index in [1.54, 1.807) is 16.4 Å². The second-order valence-corrected chi connectivity index (χ2v) is 8.55. The van der Waals surface area contributed by atoms with E-state index in [0.29, 0.717) is 24.0 Å². The smallest absolute Gasteiger partial charge is 0.245 e. The molecule has 1 saturated heterocycles. The van der Waals surface area contributed by atoms with Gasteiger partial charge in [0.1, 0.15) is 4.90 Å². The molecule has 1 aliphatic heterocycles. The van der Waals surface area contributed by atoms with Gasteiger partial charge in [0.25, 0.3) is 0 Å².